The van der Waals surface area contributed by atoms with Gasteiger partial charge in [-0.05, 0) is 12.3 Å². The molecule has 1 aliphatic heterocycles. The Morgan fingerprint density at radius 2 is 2.00 bits per heavy atom. The van der Waals surface area contributed by atoms with Crippen molar-refractivity contribution in [2.24, 2.45) is 5.92 Å². The van der Waals surface area contributed by atoms with Gasteiger partial charge in [0.2, 0.25) is 0 Å². The molecule has 0 radical (unpaired) electrons. The van der Waals surface area contributed by atoms with Crippen molar-refractivity contribution in [3.8, 4) is 0 Å². The summed E-state index contributed by atoms with van der Waals surface area (Å²) in [6, 6.07) is 0. The highest BCUT2D eigenvalue weighted by Crippen LogP contribution is 2.22. The molecule has 0 amide bonds. The maximum atomic E-state index is 9.57. The molecular weight excluding hydrogens is 212 g/mol. The average molecular weight is 234 g/mol. The van der Waals surface area contributed by atoms with Gasteiger partial charge in [0.25, 0.3) is 0 Å². The lowest BCUT2D eigenvalue weighted by molar-refractivity contribution is -0.170. The predicted octanol–water partition coefficient (Wildman–Crippen LogP) is -0.122. The monoisotopic (exact) mass is 234 g/mol. The molecule has 1 aliphatic rings. The van der Waals surface area contributed by atoms with Crippen molar-refractivity contribution in [3.63, 3.8) is 0 Å². The Morgan fingerprint density at radius 1 is 1.31 bits per heavy atom. The summed E-state index contributed by atoms with van der Waals surface area (Å²) in [5.41, 5.74) is 0. The lowest BCUT2D eigenvalue weighted by Crippen LogP contribution is -2.34. The second kappa shape index (κ2) is 6.51. The van der Waals surface area contributed by atoms with Crippen LogP contribution in [0.2, 0.25) is 0 Å². The summed E-state index contributed by atoms with van der Waals surface area (Å²) in [7, 11) is 0. The van der Waals surface area contributed by atoms with E-state index in [1.54, 1.807) is 0 Å². The van der Waals surface area contributed by atoms with E-state index in [1.165, 1.54) is 0 Å². The average Bonchev–Trinajstić information content (AvgIpc) is 2.56. The first-order valence-corrected chi connectivity index (χ1v) is 5.84. The van der Waals surface area contributed by atoms with Crippen molar-refractivity contribution in [2.75, 3.05) is 13.2 Å². The van der Waals surface area contributed by atoms with Crippen LogP contribution in [0.4, 0.5) is 0 Å². The second-order valence-electron chi connectivity index (χ2n) is 4.38. The summed E-state index contributed by atoms with van der Waals surface area (Å²) < 4.78 is 10.5. The third-order valence-electron chi connectivity index (χ3n) is 3.09. The van der Waals surface area contributed by atoms with Crippen molar-refractivity contribution in [2.45, 2.75) is 51.3 Å². The van der Waals surface area contributed by atoms with Gasteiger partial charge in [-0.2, -0.15) is 0 Å². The number of hydrogen-bond donors (Lipinski definition) is 3. The van der Waals surface area contributed by atoms with Crippen molar-refractivity contribution < 1.29 is 24.8 Å². The Labute approximate surface area is 96.0 Å². The molecule has 96 valence electrons. The summed E-state index contributed by atoms with van der Waals surface area (Å²) in [5.74, 6) is 0.567. The van der Waals surface area contributed by atoms with Crippen LogP contribution in [0.25, 0.3) is 0 Å². The fourth-order valence-corrected chi connectivity index (χ4v) is 1.59. The highest BCUT2D eigenvalue weighted by atomic mass is 16.7. The SMILES string of the molecule is CCC(C)CCOC1OC(CO)C(O)C1O. The van der Waals surface area contributed by atoms with E-state index in [9.17, 15) is 10.2 Å². The molecule has 5 atom stereocenters. The van der Waals surface area contributed by atoms with Crippen molar-refractivity contribution in [1.82, 2.24) is 0 Å². The molecule has 0 spiro atoms. The Bertz CT molecular complexity index is 199. The van der Waals surface area contributed by atoms with Crippen LogP contribution in [-0.4, -0.2) is 53.1 Å². The van der Waals surface area contributed by atoms with E-state index in [0.29, 0.717) is 12.5 Å². The van der Waals surface area contributed by atoms with E-state index in [4.69, 9.17) is 14.6 Å². The molecule has 0 aromatic carbocycles. The zero-order valence-electron chi connectivity index (χ0n) is 9.87. The summed E-state index contributed by atoms with van der Waals surface area (Å²) in [5, 5.41) is 27.9. The zero-order chi connectivity index (χ0) is 12.1. The zero-order valence-corrected chi connectivity index (χ0v) is 9.87. The fourth-order valence-electron chi connectivity index (χ4n) is 1.59. The molecule has 1 fully saturated rings. The molecule has 0 saturated carbocycles. The minimum atomic E-state index is -1.07. The quantitative estimate of drug-likeness (QED) is 0.597. The van der Waals surface area contributed by atoms with Gasteiger partial charge in [0, 0.05) is 0 Å². The molecule has 16 heavy (non-hydrogen) atoms. The first-order valence-electron chi connectivity index (χ1n) is 5.84. The highest BCUT2D eigenvalue weighted by molar-refractivity contribution is 4.86. The van der Waals surface area contributed by atoms with Crippen LogP contribution in [0.5, 0.6) is 0 Å². The molecule has 1 heterocycles. The van der Waals surface area contributed by atoms with Crippen LogP contribution in [0, 0.1) is 5.92 Å². The van der Waals surface area contributed by atoms with Gasteiger partial charge in [0.1, 0.15) is 18.3 Å². The van der Waals surface area contributed by atoms with Crippen LogP contribution in [0.15, 0.2) is 0 Å². The van der Waals surface area contributed by atoms with E-state index < -0.39 is 24.6 Å². The van der Waals surface area contributed by atoms with E-state index in [0.717, 1.165) is 12.8 Å². The summed E-state index contributed by atoms with van der Waals surface area (Å²) in [4.78, 5) is 0. The second-order valence-corrected chi connectivity index (χ2v) is 4.38. The summed E-state index contributed by atoms with van der Waals surface area (Å²) >= 11 is 0. The van der Waals surface area contributed by atoms with E-state index in [1.807, 2.05) is 0 Å². The fraction of sp³-hybridized carbons (Fsp3) is 1.00. The molecule has 5 nitrogen and oxygen atoms in total. The largest absolute Gasteiger partial charge is 0.394 e. The van der Waals surface area contributed by atoms with Gasteiger partial charge in [-0.15, -0.1) is 0 Å². The van der Waals surface area contributed by atoms with E-state index in [-0.39, 0.29) is 6.61 Å². The van der Waals surface area contributed by atoms with Crippen LogP contribution >= 0.6 is 0 Å². The normalized spacial score (nSPS) is 36.6. The highest BCUT2D eigenvalue weighted by Gasteiger charge is 2.42. The third-order valence-corrected chi connectivity index (χ3v) is 3.09. The lowest BCUT2D eigenvalue weighted by atomic mass is 10.1. The van der Waals surface area contributed by atoms with Crippen LogP contribution in [-0.2, 0) is 9.47 Å². The molecule has 5 heteroatoms. The smallest absolute Gasteiger partial charge is 0.186 e. The molecular formula is C11H22O5. The van der Waals surface area contributed by atoms with Gasteiger partial charge in [-0.3, -0.25) is 0 Å². The predicted molar refractivity (Wildman–Crippen MR) is 57.8 cm³/mol. The van der Waals surface area contributed by atoms with Crippen molar-refractivity contribution in [1.29, 1.82) is 0 Å². The molecule has 0 aromatic rings. The molecule has 0 aliphatic carbocycles. The number of rotatable bonds is 6. The Kier molecular flexibility index (Phi) is 5.64. The molecule has 0 aromatic heterocycles. The number of aliphatic hydroxyl groups is 3. The summed E-state index contributed by atoms with van der Waals surface area (Å²) in [6.45, 7) is 4.41. The molecule has 3 N–H and O–H groups in total. The van der Waals surface area contributed by atoms with Gasteiger partial charge in [-0.1, -0.05) is 20.3 Å². The molecule has 1 saturated heterocycles. The third kappa shape index (κ3) is 3.40. The Morgan fingerprint density at radius 3 is 2.50 bits per heavy atom. The Hall–Kier alpha value is -0.200. The number of ether oxygens (including phenoxy) is 2. The van der Waals surface area contributed by atoms with Crippen molar-refractivity contribution in [3.05, 3.63) is 0 Å². The summed E-state index contributed by atoms with van der Waals surface area (Å²) in [6.07, 6.45) is -1.74. The maximum absolute atomic E-state index is 9.57. The number of hydrogen-bond acceptors (Lipinski definition) is 5. The van der Waals surface area contributed by atoms with Gasteiger partial charge in [0.05, 0.1) is 13.2 Å². The van der Waals surface area contributed by atoms with Crippen LogP contribution < -0.4 is 0 Å². The minimum absolute atomic E-state index is 0.316. The topological polar surface area (TPSA) is 79.2 Å². The van der Waals surface area contributed by atoms with Crippen LogP contribution in [0.1, 0.15) is 26.7 Å². The maximum Gasteiger partial charge on any atom is 0.186 e. The first-order chi connectivity index (χ1) is 7.60. The van der Waals surface area contributed by atoms with Gasteiger partial charge in [-0.25, -0.2) is 0 Å². The van der Waals surface area contributed by atoms with Crippen molar-refractivity contribution >= 4 is 0 Å². The Balaban J connectivity index is 2.27. The lowest BCUT2D eigenvalue weighted by Gasteiger charge is -2.16. The van der Waals surface area contributed by atoms with Gasteiger partial charge in [0.15, 0.2) is 6.29 Å². The minimum Gasteiger partial charge on any atom is -0.394 e. The molecule has 0 bridgehead atoms. The van der Waals surface area contributed by atoms with Crippen LogP contribution in [0.3, 0.4) is 0 Å². The molecule has 5 unspecified atom stereocenters. The number of aliphatic hydroxyl groups excluding tert-OH is 3. The first kappa shape index (κ1) is 13.9. The van der Waals surface area contributed by atoms with Gasteiger partial charge >= 0.3 is 0 Å². The van der Waals surface area contributed by atoms with Gasteiger partial charge < -0.3 is 24.8 Å². The van der Waals surface area contributed by atoms with E-state index in [2.05, 4.69) is 13.8 Å². The van der Waals surface area contributed by atoms with E-state index >= 15 is 0 Å². The molecule has 1 rings (SSSR count). The standard InChI is InChI=1S/C11H22O5/c1-3-7(2)4-5-15-11-10(14)9(13)8(6-12)16-11/h7-14H,3-6H2,1-2H3.